The van der Waals surface area contributed by atoms with E-state index in [-0.39, 0.29) is 5.69 Å². The van der Waals surface area contributed by atoms with Gasteiger partial charge in [-0.3, -0.25) is 14.9 Å². The number of fused-ring (bicyclic) bond motifs is 3. The molecule has 0 spiro atoms. The van der Waals surface area contributed by atoms with E-state index in [0.717, 1.165) is 11.1 Å². The number of carbonyl (C=O) groups is 1. The van der Waals surface area contributed by atoms with Crippen molar-refractivity contribution in [3.05, 3.63) is 99.6 Å². The normalized spacial score (nSPS) is 13.8. The fourth-order valence-electron chi connectivity index (χ4n) is 3.42. The Labute approximate surface area is 160 Å². The molecule has 2 N–H and O–H groups in total. The average molecular weight is 373 g/mol. The van der Waals surface area contributed by atoms with Gasteiger partial charge in [0.25, 0.3) is 11.6 Å². The summed E-state index contributed by atoms with van der Waals surface area (Å²) in [4.78, 5) is 23.2. The number of hydrogen-bond donors (Lipinski definition) is 2. The van der Waals surface area contributed by atoms with Gasteiger partial charge in [0, 0.05) is 28.8 Å². The molecule has 0 atom stereocenters. The number of amides is 1. The van der Waals surface area contributed by atoms with E-state index >= 15 is 0 Å². The lowest BCUT2D eigenvalue weighted by atomic mass is 9.91. The lowest BCUT2D eigenvalue weighted by molar-refractivity contribution is -0.384. The predicted molar refractivity (Wildman–Crippen MR) is 104 cm³/mol. The van der Waals surface area contributed by atoms with E-state index in [0.29, 0.717) is 16.7 Å². The Kier molecular flexibility index (Phi) is 4.21. The SMILES string of the molecule is O=C(NN=Cc1cccc([N+](=O)[O-])c1)C1(O)c2ccccc2-c2ccccc21. The Hall–Kier alpha value is -3.84. The number of hydrogen-bond acceptors (Lipinski definition) is 5. The average Bonchev–Trinajstić information content (AvgIpc) is 2.99. The first kappa shape index (κ1) is 17.6. The number of nitrogens with zero attached hydrogens (tertiary/aromatic N) is 2. The molecule has 0 unspecified atom stereocenters. The number of hydrazone groups is 1. The maximum Gasteiger partial charge on any atom is 0.281 e. The van der Waals surface area contributed by atoms with Gasteiger partial charge in [0.05, 0.1) is 11.1 Å². The molecule has 0 saturated heterocycles. The number of carbonyl (C=O) groups excluding carboxylic acids is 1. The summed E-state index contributed by atoms with van der Waals surface area (Å²) in [5.41, 5.74) is 3.41. The molecule has 1 amide bonds. The summed E-state index contributed by atoms with van der Waals surface area (Å²) in [6, 6.07) is 20.2. The van der Waals surface area contributed by atoms with Crippen LogP contribution < -0.4 is 5.43 Å². The van der Waals surface area contributed by atoms with Crippen LogP contribution in [0.5, 0.6) is 0 Å². The van der Waals surface area contributed by atoms with E-state index in [2.05, 4.69) is 10.5 Å². The number of non-ortho nitro benzene ring substituents is 1. The third-order valence-electron chi connectivity index (χ3n) is 4.71. The molecule has 0 fully saturated rings. The predicted octanol–water partition coefficient (Wildman–Crippen LogP) is 2.96. The molecule has 7 nitrogen and oxygen atoms in total. The second-order valence-corrected chi connectivity index (χ2v) is 6.35. The number of rotatable bonds is 4. The van der Waals surface area contributed by atoms with Crippen molar-refractivity contribution in [1.82, 2.24) is 5.43 Å². The van der Waals surface area contributed by atoms with Crippen molar-refractivity contribution in [1.29, 1.82) is 0 Å². The molecule has 1 aliphatic carbocycles. The van der Waals surface area contributed by atoms with Crippen LogP contribution in [0.1, 0.15) is 16.7 Å². The second kappa shape index (κ2) is 6.71. The molecule has 0 bridgehead atoms. The topological polar surface area (TPSA) is 105 Å². The highest BCUT2D eigenvalue weighted by Gasteiger charge is 2.47. The van der Waals surface area contributed by atoms with Gasteiger partial charge in [-0.25, -0.2) is 5.43 Å². The van der Waals surface area contributed by atoms with Gasteiger partial charge in [-0.1, -0.05) is 60.7 Å². The maximum absolute atomic E-state index is 12.9. The molecule has 0 aromatic heterocycles. The smallest absolute Gasteiger partial charge is 0.281 e. The van der Waals surface area contributed by atoms with Gasteiger partial charge in [-0.05, 0) is 11.1 Å². The quantitative estimate of drug-likeness (QED) is 0.417. The van der Waals surface area contributed by atoms with Gasteiger partial charge < -0.3 is 5.11 Å². The molecule has 7 heteroatoms. The fraction of sp³-hybridized carbons (Fsp3) is 0.0476. The van der Waals surface area contributed by atoms with E-state index < -0.39 is 16.4 Å². The van der Waals surface area contributed by atoms with Crippen LogP contribution in [-0.4, -0.2) is 22.2 Å². The summed E-state index contributed by atoms with van der Waals surface area (Å²) >= 11 is 0. The molecule has 3 aromatic carbocycles. The molecule has 0 heterocycles. The minimum absolute atomic E-state index is 0.0763. The second-order valence-electron chi connectivity index (χ2n) is 6.35. The van der Waals surface area contributed by atoms with Crippen LogP contribution in [0.2, 0.25) is 0 Å². The van der Waals surface area contributed by atoms with Crippen molar-refractivity contribution in [3.8, 4) is 11.1 Å². The van der Waals surface area contributed by atoms with Crippen molar-refractivity contribution < 1.29 is 14.8 Å². The van der Waals surface area contributed by atoms with Crippen LogP contribution in [0.4, 0.5) is 5.69 Å². The van der Waals surface area contributed by atoms with E-state index in [1.807, 2.05) is 24.3 Å². The summed E-state index contributed by atoms with van der Waals surface area (Å²) in [6.45, 7) is 0. The summed E-state index contributed by atoms with van der Waals surface area (Å²) < 4.78 is 0. The Balaban J connectivity index is 1.63. The number of nitrogens with one attached hydrogen (secondary N) is 1. The molecular weight excluding hydrogens is 358 g/mol. The third kappa shape index (κ3) is 2.74. The number of aliphatic hydroxyl groups is 1. The summed E-state index contributed by atoms with van der Waals surface area (Å²) in [5, 5.41) is 26.0. The Morgan fingerprint density at radius 1 is 1.00 bits per heavy atom. The zero-order valence-electron chi connectivity index (χ0n) is 14.6. The highest BCUT2D eigenvalue weighted by Crippen LogP contribution is 2.47. The van der Waals surface area contributed by atoms with E-state index in [1.54, 1.807) is 30.3 Å². The van der Waals surface area contributed by atoms with Crippen molar-refractivity contribution >= 4 is 17.8 Å². The molecule has 0 aliphatic heterocycles. The lowest BCUT2D eigenvalue weighted by Crippen LogP contribution is -2.42. The van der Waals surface area contributed by atoms with E-state index in [9.17, 15) is 20.0 Å². The number of nitro benzene ring substituents is 1. The van der Waals surface area contributed by atoms with Gasteiger partial charge in [-0.2, -0.15) is 5.10 Å². The zero-order chi connectivity index (χ0) is 19.7. The van der Waals surface area contributed by atoms with Gasteiger partial charge in [0.2, 0.25) is 0 Å². The third-order valence-corrected chi connectivity index (χ3v) is 4.71. The van der Waals surface area contributed by atoms with Crippen molar-refractivity contribution in [2.45, 2.75) is 5.60 Å². The van der Waals surface area contributed by atoms with E-state index in [4.69, 9.17) is 0 Å². The molecule has 1 aliphatic rings. The lowest BCUT2D eigenvalue weighted by Gasteiger charge is -2.23. The number of nitro groups is 1. The molecule has 4 rings (SSSR count). The van der Waals surface area contributed by atoms with Gasteiger partial charge in [-0.15, -0.1) is 0 Å². The maximum atomic E-state index is 12.9. The first-order chi connectivity index (χ1) is 13.5. The fourth-order valence-corrected chi connectivity index (χ4v) is 3.42. The van der Waals surface area contributed by atoms with Crippen LogP contribution >= 0.6 is 0 Å². The van der Waals surface area contributed by atoms with Crippen LogP contribution in [0, 0.1) is 10.1 Å². The number of benzene rings is 3. The molecular formula is C21H15N3O4. The molecule has 138 valence electrons. The summed E-state index contributed by atoms with van der Waals surface area (Å²) in [6.07, 6.45) is 1.29. The summed E-state index contributed by atoms with van der Waals surface area (Å²) in [7, 11) is 0. The standard InChI is InChI=1S/C21H15N3O4/c25-20(23-22-13-14-6-5-7-15(12-14)24(27)28)21(26)18-10-3-1-8-16(18)17-9-2-4-11-19(17)21/h1-13,26H,(H,23,25). The first-order valence-corrected chi connectivity index (χ1v) is 8.51. The Bertz CT molecular complexity index is 1080. The van der Waals surface area contributed by atoms with E-state index in [1.165, 1.54) is 24.4 Å². The monoisotopic (exact) mass is 373 g/mol. The molecule has 28 heavy (non-hydrogen) atoms. The first-order valence-electron chi connectivity index (χ1n) is 8.51. The van der Waals surface area contributed by atoms with Crippen LogP contribution in [0.3, 0.4) is 0 Å². The van der Waals surface area contributed by atoms with Gasteiger partial charge in [0.15, 0.2) is 5.60 Å². The summed E-state index contributed by atoms with van der Waals surface area (Å²) in [5.74, 6) is -0.702. The van der Waals surface area contributed by atoms with Crippen molar-refractivity contribution in [2.75, 3.05) is 0 Å². The Morgan fingerprint density at radius 2 is 1.61 bits per heavy atom. The highest BCUT2D eigenvalue weighted by molar-refractivity contribution is 5.99. The Morgan fingerprint density at radius 3 is 2.21 bits per heavy atom. The largest absolute Gasteiger partial charge is 0.372 e. The van der Waals surface area contributed by atoms with Crippen molar-refractivity contribution in [3.63, 3.8) is 0 Å². The minimum Gasteiger partial charge on any atom is -0.372 e. The van der Waals surface area contributed by atoms with Crippen LogP contribution in [0.15, 0.2) is 77.9 Å². The molecule has 3 aromatic rings. The zero-order valence-corrected chi connectivity index (χ0v) is 14.6. The van der Waals surface area contributed by atoms with Gasteiger partial charge >= 0.3 is 0 Å². The van der Waals surface area contributed by atoms with Crippen molar-refractivity contribution in [2.24, 2.45) is 5.10 Å². The minimum atomic E-state index is -1.87. The molecule has 0 saturated carbocycles. The molecule has 0 radical (unpaired) electrons. The van der Waals surface area contributed by atoms with Gasteiger partial charge in [0.1, 0.15) is 0 Å². The highest BCUT2D eigenvalue weighted by atomic mass is 16.6. The van der Waals surface area contributed by atoms with Crippen LogP contribution in [-0.2, 0) is 10.4 Å². The van der Waals surface area contributed by atoms with Crippen LogP contribution in [0.25, 0.3) is 11.1 Å².